The van der Waals surface area contributed by atoms with E-state index in [4.69, 9.17) is 5.73 Å². The lowest BCUT2D eigenvalue weighted by Crippen LogP contribution is -2.41. The predicted molar refractivity (Wildman–Crippen MR) is 39.3 cm³/mol. The minimum atomic E-state index is -0.519. The summed E-state index contributed by atoms with van der Waals surface area (Å²) in [4.78, 5) is 0. The van der Waals surface area contributed by atoms with Crippen molar-refractivity contribution in [3.8, 4) is 0 Å². The Hall–Kier alpha value is -1.31. The van der Waals surface area contributed by atoms with Crippen LogP contribution in [-0.4, -0.2) is 11.8 Å². The SMILES string of the molecule is NC12C=C=CC=C1NN=C2. The highest BCUT2D eigenvalue weighted by molar-refractivity contribution is 5.81. The molecule has 1 aliphatic carbocycles. The number of hydrogen-bond donors (Lipinski definition) is 2. The molecule has 0 radical (unpaired) electrons. The Bertz CT molecular complexity index is 281. The zero-order valence-electron chi connectivity index (χ0n) is 5.33. The van der Waals surface area contributed by atoms with Crippen LogP contribution in [0, 0.1) is 0 Å². The van der Waals surface area contributed by atoms with Crippen molar-refractivity contribution in [3.63, 3.8) is 0 Å². The summed E-state index contributed by atoms with van der Waals surface area (Å²) in [7, 11) is 0. The van der Waals surface area contributed by atoms with Gasteiger partial charge in [-0.15, -0.1) is 5.73 Å². The molecular formula is C7H7N3. The van der Waals surface area contributed by atoms with E-state index in [1.807, 2.05) is 12.2 Å². The van der Waals surface area contributed by atoms with E-state index in [9.17, 15) is 0 Å². The number of nitrogens with zero attached hydrogens (tertiary/aromatic N) is 1. The molecule has 0 fully saturated rings. The smallest absolute Gasteiger partial charge is 0.121 e. The molecule has 0 aromatic heterocycles. The van der Waals surface area contributed by atoms with Crippen LogP contribution in [0.3, 0.4) is 0 Å². The summed E-state index contributed by atoms with van der Waals surface area (Å²) in [5.41, 5.74) is 12.0. The second-order valence-electron chi connectivity index (χ2n) is 2.36. The molecule has 0 saturated carbocycles. The zero-order chi connectivity index (χ0) is 7.03. The van der Waals surface area contributed by atoms with Gasteiger partial charge in [0.2, 0.25) is 0 Å². The molecule has 3 N–H and O–H groups in total. The Morgan fingerprint density at radius 3 is 3.40 bits per heavy atom. The summed E-state index contributed by atoms with van der Waals surface area (Å²) in [6, 6.07) is 0. The molecule has 0 aromatic rings. The Morgan fingerprint density at radius 1 is 1.70 bits per heavy atom. The quantitative estimate of drug-likeness (QED) is 0.453. The molecule has 0 bridgehead atoms. The van der Waals surface area contributed by atoms with Crippen molar-refractivity contribution in [2.24, 2.45) is 10.8 Å². The predicted octanol–water partition coefficient (Wildman–Crippen LogP) is -0.118. The van der Waals surface area contributed by atoms with Crippen molar-refractivity contribution in [2.45, 2.75) is 5.54 Å². The van der Waals surface area contributed by atoms with Crippen LogP contribution in [0.4, 0.5) is 0 Å². The summed E-state index contributed by atoms with van der Waals surface area (Å²) in [5, 5.41) is 3.84. The van der Waals surface area contributed by atoms with E-state index < -0.39 is 5.54 Å². The van der Waals surface area contributed by atoms with E-state index in [0.29, 0.717) is 0 Å². The lowest BCUT2D eigenvalue weighted by Gasteiger charge is -2.17. The van der Waals surface area contributed by atoms with Crippen molar-refractivity contribution < 1.29 is 0 Å². The molecule has 3 heteroatoms. The van der Waals surface area contributed by atoms with E-state index in [-0.39, 0.29) is 0 Å². The van der Waals surface area contributed by atoms with E-state index in [1.54, 1.807) is 12.3 Å². The highest BCUT2D eigenvalue weighted by atomic mass is 15.3. The van der Waals surface area contributed by atoms with Crippen LogP contribution < -0.4 is 11.2 Å². The van der Waals surface area contributed by atoms with Gasteiger partial charge in [0, 0.05) is 0 Å². The molecule has 0 aromatic carbocycles. The fraction of sp³-hybridized carbons (Fsp3) is 0.143. The van der Waals surface area contributed by atoms with Gasteiger partial charge in [-0.1, -0.05) is 0 Å². The molecule has 50 valence electrons. The Balaban J connectivity index is 2.54. The maximum Gasteiger partial charge on any atom is 0.121 e. The lowest BCUT2D eigenvalue weighted by molar-refractivity contribution is 0.773. The molecule has 0 spiro atoms. The molecule has 3 nitrogen and oxygen atoms in total. The van der Waals surface area contributed by atoms with Gasteiger partial charge in [-0.2, -0.15) is 5.10 Å². The summed E-state index contributed by atoms with van der Waals surface area (Å²) in [6.45, 7) is 0. The van der Waals surface area contributed by atoms with E-state index in [2.05, 4.69) is 16.3 Å². The molecular weight excluding hydrogens is 126 g/mol. The summed E-state index contributed by atoms with van der Waals surface area (Å²) < 4.78 is 0. The Labute approximate surface area is 58.6 Å². The van der Waals surface area contributed by atoms with Gasteiger partial charge in [0.15, 0.2) is 0 Å². The highest BCUT2D eigenvalue weighted by Crippen LogP contribution is 2.17. The average Bonchev–Trinajstić information content (AvgIpc) is 2.29. The van der Waals surface area contributed by atoms with E-state index >= 15 is 0 Å². The molecule has 2 aliphatic rings. The fourth-order valence-electron chi connectivity index (χ4n) is 0.989. The van der Waals surface area contributed by atoms with Gasteiger partial charge in [0.25, 0.3) is 0 Å². The van der Waals surface area contributed by atoms with Crippen molar-refractivity contribution in [3.05, 3.63) is 29.7 Å². The maximum atomic E-state index is 5.85. The second kappa shape index (κ2) is 1.59. The van der Waals surface area contributed by atoms with Gasteiger partial charge in [-0.05, 0) is 18.2 Å². The number of hydrogen-bond acceptors (Lipinski definition) is 3. The largest absolute Gasteiger partial charge is 0.312 e. The summed E-state index contributed by atoms with van der Waals surface area (Å²) >= 11 is 0. The van der Waals surface area contributed by atoms with Crippen LogP contribution in [0.5, 0.6) is 0 Å². The molecule has 0 saturated heterocycles. The fourth-order valence-corrected chi connectivity index (χ4v) is 0.989. The lowest BCUT2D eigenvalue weighted by atomic mass is 9.96. The Kier molecular flexibility index (Phi) is 0.873. The minimum Gasteiger partial charge on any atom is -0.312 e. The van der Waals surface area contributed by atoms with Crippen molar-refractivity contribution in [2.75, 3.05) is 0 Å². The molecule has 1 atom stereocenters. The van der Waals surface area contributed by atoms with Gasteiger partial charge < -0.3 is 5.73 Å². The Morgan fingerprint density at radius 2 is 2.60 bits per heavy atom. The first-order chi connectivity index (χ1) is 4.81. The van der Waals surface area contributed by atoms with Gasteiger partial charge in [-0.3, -0.25) is 5.43 Å². The first-order valence-electron chi connectivity index (χ1n) is 3.05. The topological polar surface area (TPSA) is 50.4 Å². The average molecular weight is 133 g/mol. The van der Waals surface area contributed by atoms with Crippen LogP contribution in [0.1, 0.15) is 0 Å². The maximum absolute atomic E-state index is 5.85. The van der Waals surface area contributed by atoms with Crippen molar-refractivity contribution >= 4 is 6.21 Å². The van der Waals surface area contributed by atoms with Crippen molar-refractivity contribution in [1.29, 1.82) is 0 Å². The number of rotatable bonds is 0. The number of allylic oxidation sites excluding steroid dienone is 1. The number of nitrogens with one attached hydrogen (secondary N) is 1. The normalized spacial score (nSPS) is 33.5. The van der Waals surface area contributed by atoms with Gasteiger partial charge in [-0.25, -0.2) is 0 Å². The third-order valence-corrected chi connectivity index (χ3v) is 1.60. The van der Waals surface area contributed by atoms with E-state index in [0.717, 1.165) is 5.70 Å². The van der Waals surface area contributed by atoms with Gasteiger partial charge in [0.05, 0.1) is 11.9 Å². The number of fused-ring (bicyclic) bond motifs is 1. The molecule has 1 heterocycles. The second-order valence-corrected chi connectivity index (χ2v) is 2.36. The summed E-state index contributed by atoms with van der Waals surface area (Å²) in [6.07, 6.45) is 7.12. The molecule has 2 rings (SSSR count). The van der Waals surface area contributed by atoms with Crippen LogP contribution in [0.15, 0.2) is 34.8 Å². The van der Waals surface area contributed by atoms with Gasteiger partial charge in [0.1, 0.15) is 5.54 Å². The molecule has 10 heavy (non-hydrogen) atoms. The minimum absolute atomic E-state index is 0.519. The molecule has 0 amide bonds. The number of hydrazone groups is 1. The number of nitrogens with two attached hydrogens (primary N) is 1. The van der Waals surface area contributed by atoms with Crippen LogP contribution in [-0.2, 0) is 0 Å². The first-order valence-corrected chi connectivity index (χ1v) is 3.05. The van der Waals surface area contributed by atoms with Crippen LogP contribution in [0.2, 0.25) is 0 Å². The summed E-state index contributed by atoms with van der Waals surface area (Å²) in [5.74, 6) is 0. The third-order valence-electron chi connectivity index (χ3n) is 1.60. The van der Waals surface area contributed by atoms with E-state index in [1.165, 1.54) is 0 Å². The van der Waals surface area contributed by atoms with Crippen LogP contribution >= 0.6 is 0 Å². The zero-order valence-corrected chi connectivity index (χ0v) is 5.33. The monoisotopic (exact) mass is 133 g/mol. The standard InChI is InChI=1S/C7H7N3/c8-7-4-2-1-3-6(7)10-9-5-7/h1,3-5,10H,8H2. The molecule has 1 unspecified atom stereocenters. The first kappa shape index (κ1) is 5.47. The highest BCUT2D eigenvalue weighted by Gasteiger charge is 2.29. The molecule has 1 aliphatic heterocycles. The third kappa shape index (κ3) is 0.559. The van der Waals surface area contributed by atoms with Crippen molar-refractivity contribution in [1.82, 2.24) is 5.43 Å². The van der Waals surface area contributed by atoms with Crippen LogP contribution in [0.25, 0.3) is 0 Å². The van der Waals surface area contributed by atoms with Gasteiger partial charge >= 0.3 is 0 Å².